The minimum atomic E-state index is -0.456. The average molecular weight is 350 g/mol. The minimum Gasteiger partial charge on any atom is -0.497 e. The first-order valence-electron chi connectivity index (χ1n) is 6.83. The van der Waals surface area contributed by atoms with Crippen LogP contribution in [0.3, 0.4) is 0 Å². The van der Waals surface area contributed by atoms with Crippen LogP contribution in [0.4, 0.5) is 5.69 Å². The lowest BCUT2D eigenvalue weighted by molar-refractivity contribution is 0.199. The number of rotatable bonds is 5. The van der Waals surface area contributed by atoms with E-state index in [0.29, 0.717) is 0 Å². The van der Waals surface area contributed by atoms with E-state index in [4.69, 9.17) is 4.74 Å². The molecular weight excluding hydrogens is 330 g/mol. The van der Waals surface area contributed by atoms with E-state index in [9.17, 15) is 5.11 Å². The van der Waals surface area contributed by atoms with Crippen molar-refractivity contribution in [3.05, 3.63) is 58.1 Å². The predicted octanol–water partition coefficient (Wildman–Crippen LogP) is 4.15. The predicted molar refractivity (Wildman–Crippen MR) is 89.9 cm³/mol. The third kappa shape index (κ3) is 3.99. The molecule has 0 spiro atoms. The van der Waals surface area contributed by atoms with Gasteiger partial charge in [-0.25, -0.2) is 0 Å². The molecule has 0 aliphatic heterocycles. The summed E-state index contributed by atoms with van der Waals surface area (Å²) in [6.45, 7) is 2.57. The van der Waals surface area contributed by atoms with Gasteiger partial charge in [0.1, 0.15) is 5.75 Å². The standard InChI is InChI=1S/C17H20BrNO2/c1-12(20)14-6-9-17(16(18)10-14)19(2)11-13-4-7-15(21-3)8-5-13/h4-10,12,20H,11H2,1-3H3/t12-/m0/s1. The zero-order valence-corrected chi connectivity index (χ0v) is 14.1. The fraction of sp³-hybridized carbons (Fsp3) is 0.294. The van der Waals surface area contributed by atoms with Gasteiger partial charge < -0.3 is 14.7 Å². The first-order valence-corrected chi connectivity index (χ1v) is 7.62. The van der Waals surface area contributed by atoms with Crippen molar-refractivity contribution in [3.8, 4) is 5.75 Å². The van der Waals surface area contributed by atoms with E-state index in [1.165, 1.54) is 5.56 Å². The summed E-state index contributed by atoms with van der Waals surface area (Å²) in [4.78, 5) is 2.16. The number of ether oxygens (including phenoxy) is 1. The van der Waals surface area contributed by atoms with Crippen molar-refractivity contribution in [3.63, 3.8) is 0 Å². The SMILES string of the molecule is COc1ccc(CN(C)c2ccc([C@H](C)O)cc2Br)cc1. The van der Waals surface area contributed by atoms with Crippen molar-refractivity contribution < 1.29 is 9.84 Å². The van der Waals surface area contributed by atoms with Gasteiger partial charge >= 0.3 is 0 Å². The van der Waals surface area contributed by atoms with Crippen molar-refractivity contribution in [1.82, 2.24) is 0 Å². The lowest BCUT2D eigenvalue weighted by Crippen LogP contribution is -2.17. The summed E-state index contributed by atoms with van der Waals surface area (Å²) in [6.07, 6.45) is -0.456. The van der Waals surface area contributed by atoms with Gasteiger partial charge in [0.15, 0.2) is 0 Å². The molecule has 0 heterocycles. The Balaban J connectivity index is 2.13. The van der Waals surface area contributed by atoms with Gasteiger partial charge in [-0.2, -0.15) is 0 Å². The third-order valence-electron chi connectivity index (χ3n) is 3.44. The number of aliphatic hydroxyl groups excluding tert-OH is 1. The molecule has 0 aliphatic carbocycles. The van der Waals surface area contributed by atoms with Crippen LogP contribution in [0.5, 0.6) is 5.75 Å². The zero-order valence-electron chi connectivity index (χ0n) is 12.5. The Morgan fingerprint density at radius 3 is 2.38 bits per heavy atom. The van der Waals surface area contributed by atoms with Gasteiger partial charge in [0.25, 0.3) is 0 Å². The largest absolute Gasteiger partial charge is 0.497 e. The van der Waals surface area contributed by atoms with Crippen LogP contribution in [0.2, 0.25) is 0 Å². The average Bonchev–Trinajstić information content (AvgIpc) is 2.47. The van der Waals surface area contributed by atoms with Gasteiger partial charge in [0.05, 0.1) is 18.9 Å². The first kappa shape index (κ1) is 15.9. The van der Waals surface area contributed by atoms with Crippen LogP contribution in [0, 0.1) is 0 Å². The number of methoxy groups -OCH3 is 1. The van der Waals surface area contributed by atoms with Gasteiger partial charge in [0.2, 0.25) is 0 Å². The molecule has 0 radical (unpaired) electrons. The molecule has 0 saturated heterocycles. The molecular formula is C17H20BrNO2. The highest BCUT2D eigenvalue weighted by molar-refractivity contribution is 9.10. The smallest absolute Gasteiger partial charge is 0.118 e. The molecule has 1 N–H and O–H groups in total. The molecule has 0 fully saturated rings. The molecule has 0 bridgehead atoms. The second kappa shape index (κ2) is 6.96. The number of hydrogen-bond donors (Lipinski definition) is 1. The number of halogens is 1. The topological polar surface area (TPSA) is 32.7 Å². The van der Waals surface area contributed by atoms with Gasteiger partial charge in [-0.15, -0.1) is 0 Å². The number of aliphatic hydroxyl groups is 1. The Kier molecular flexibility index (Phi) is 5.26. The third-order valence-corrected chi connectivity index (χ3v) is 4.08. The van der Waals surface area contributed by atoms with Crippen LogP contribution in [-0.2, 0) is 6.54 Å². The fourth-order valence-electron chi connectivity index (χ4n) is 2.18. The van der Waals surface area contributed by atoms with Crippen LogP contribution >= 0.6 is 15.9 Å². The molecule has 0 unspecified atom stereocenters. The van der Waals surface area contributed by atoms with Crippen LogP contribution in [-0.4, -0.2) is 19.3 Å². The second-order valence-corrected chi connectivity index (χ2v) is 5.95. The van der Waals surface area contributed by atoms with Crippen LogP contribution in [0.1, 0.15) is 24.2 Å². The van der Waals surface area contributed by atoms with E-state index in [1.807, 2.05) is 37.4 Å². The monoisotopic (exact) mass is 349 g/mol. The van der Waals surface area contributed by atoms with Crippen molar-refractivity contribution >= 4 is 21.6 Å². The maximum atomic E-state index is 9.62. The van der Waals surface area contributed by atoms with Gasteiger partial charge in [-0.1, -0.05) is 18.2 Å². The number of nitrogens with zero attached hydrogens (tertiary/aromatic N) is 1. The second-order valence-electron chi connectivity index (χ2n) is 5.09. The van der Waals surface area contributed by atoms with E-state index in [1.54, 1.807) is 14.0 Å². The van der Waals surface area contributed by atoms with E-state index >= 15 is 0 Å². The summed E-state index contributed by atoms with van der Waals surface area (Å²) in [5.74, 6) is 0.865. The van der Waals surface area contributed by atoms with Crippen molar-refractivity contribution in [2.75, 3.05) is 19.1 Å². The fourth-order valence-corrected chi connectivity index (χ4v) is 2.88. The molecule has 0 aliphatic rings. The number of anilines is 1. The minimum absolute atomic E-state index is 0.456. The van der Waals surface area contributed by atoms with Gasteiger partial charge in [-0.3, -0.25) is 0 Å². The lowest BCUT2D eigenvalue weighted by Gasteiger charge is -2.22. The van der Waals surface area contributed by atoms with Crippen LogP contribution in [0.15, 0.2) is 46.9 Å². The van der Waals surface area contributed by atoms with Crippen molar-refractivity contribution in [2.24, 2.45) is 0 Å². The van der Waals surface area contributed by atoms with Gasteiger partial charge in [-0.05, 0) is 58.2 Å². The number of benzene rings is 2. The number of hydrogen-bond acceptors (Lipinski definition) is 3. The molecule has 2 aromatic rings. The maximum Gasteiger partial charge on any atom is 0.118 e. The van der Waals surface area contributed by atoms with E-state index in [-0.39, 0.29) is 0 Å². The quantitative estimate of drug-likeness (QED) is 0.880. The van der Waals surface area contributed by atoms with E-state index in [2.05, 4.69) is 33.0 Å². The summed E-state index contributed by atoms with van der Waals surface area (Å²) >= 11 is 3.58. The molecule has 2 rings (SSSR count). The van der Waals surface area contributed by atoms with Crippen molar-refractivity contribution in [2.45, 2.75) is 19.6 Å². The summed E-state index contributed by atoms with van der Waals surface area (Å²) in [5, 5.41) is 9.62. The van der Waals surface area contributed by atoms with Crippen LogP contribution in [0.25, 0.3) is 0 Å². The molecule has 3 nitrogen and oxygen atoms in total. The summed E-state index contributed by atoms with van der Waals surface area (Å²) < 4.78 is 6.15. The molecule has 0 amide bonds. The first-order chi connectivity index (χ1) is 10.0. The molecule has 0 saturated carbocycles. The summed E-state index contributed by atoms with van der Waals surface area (Å²) in [6, 6.07) is 14.0. The van der Waals surface area contributed by atoms with E-state index < -0.39 is 6.10 Å². The molecule has 0 aromatic heterocycles. The highest BCUT2D eigenvalue weighted by atomic mass is 79.9. The zero-order chi connectivity index (χ0) is 15.4. The Labute approximate surface area is 134 Å². The molecule has 21 heavy (non-hydrogen) atoms. The highest BCUT2D eigenvalue weighted by Crippen LogP contribution is 2.29. The van der Waals surface area contributed by atoms with E-state index in [0.717, 1.165) is 28.0 Å². The summed E-state index contributed by atoms with van der Waals surface area (Å²) in [5.41, 5.74) is 3.21. The van der Waals surface area contributed by atoms with Crippen molar-refractivity contribution in [1.29, 1.82) is 0 Å². The Morgan fingerprint density at radius 1 is 1.19 bits per heavy atom. The molecule has 1 atom stereocenters. The Bertz CT molecular complexity index is 596. The highest BCUT2D eigenvalue weighted by Gasteiger charge is 2.09. The van der Waals surface area contributed by atoms with Crippen LogP contribution < -0.4 is 9.64 Å². The maximum absolute atomic E-state index is 9.62. The normalized spacial score (nSPS) is 12.0. The summed E-state index contributed by atoms with van der Waals surface area (Å²) in [7, 11) is 3.72. The Hall–Kier alpha value is -1.52. The molecule has 112 valence electrons. The lowest BCUT2D eigenvalue weighted by atomic mass is 10.1. The Morgan fingerprint density at radius 2 is 1.86 bits per heavy atom. The van der Waals surface area contributed by atoms with Gasteiger partial charge in [0, 0.05) is 18.1 Å². The molecule has 2 aromatic carbocycles. The molecule has 4 heteroatoms.